The summed E-state index contributed by atoms with van der Waals surface area (Å²) >= 11 is 7.03. The van der Waals surface area contributed by atoms with Crippen LogP contribution in [0.4, 0.5) is 0 Å². The fourth-order valence-electron chi connectivity index (χ4n) is 6.40. The van der Waals surface area contributed by atoms with Crippen LogP contribution in [0.5, 0.6) is 0 Å². The molecule has 6 heterocycles. The van der Waals surface area contributed by atoms with Gasteiger partial charge in [-0.3, -0.25) is 18.8 Å². The molecule has 0 spiro atoms. The third kappa shape index (κ3) is 6.01. The zero-order chi connectivity index (χ0) is 31.8. The van der Waals surface area contributed by atoms with Crippen LogP contribution in [0.1, 0.15) is 36.8 Å². The molecule has 5 aromatic rings. The van der Waals surface area contributed by atoms with Gasteiger partial charge in [-0.15, -0.1) is 0 Å². The molecule has 2 aliphatic rings. The molecule has 0 saturated carbocycles. The van der Waals surface area contributed by atoms with Crippen molar-refractivity contribution in [3.63, 3.8) is 0 Å². The van der Waals surface area contributed by atoms with E-state index >= 15 is 0 Å². The predicted octanol–water partition coefficient (Wildman–Crippen LogP) is 3.31. The Morgan fingerprint density at radius 2 is 1.61 bits per heavy atom. The molecule has 4 aromatic heterocycles. The minimum Gasteiger partial charge on any atom is -0.352 e. The maximum Gasteiger partial charge on any atom is 0.262 e. The van der Waals surface area contributed by atoms with Gasteiger partial charge in [0.05, 0.1) is 10.7 Å². The first-order valence-electron chi connectivity index (χ1n) is 15.6. The highest BCUT2D eigenvalue weighted by Crippen LogP contribution is 2.36. The van der Waals surface area contributed by atoms with E-state index in [0.29, 0.717) is 48.7 Å². The van der Waals surface area contributed by atoms with Gasteiger partial charge >= 0.3 is 0 Å². The Kier molecular flexibility index (Phi) is 8.29. The minimum atomic E-state index is -0.140. The smallest absolute Gasteiger partial charge is 0.262 e. The zero-order valence-corrected chi connectivity index (χ0v) is 26.2. The lowest BCUT2D eigenvalue weighted by Crippen LogP contribution is -2.36. The summed E-state index contributed by atoms with van der Waals surface area (Å²) in [6.45, 7) is 2.38. The maximum atomic E-state index is 13.2. The first kappa shape index (κ1) is 30.1. The molecule has 0 radical (unpaired) electrons. The van der Waals surface area contributed by atoms with Gasteiger partial charge in [0.25, 0.3) is 5.56 Å². The van der Waals surface area contributed by atoms with Gasteiger partial charge in [0, 0.05) is 98.8 Å². The summed E-state index contributed by atoms with van der Waals surface area (Å²) in [5, 5.41) is 14.3. The van der Waals surface area contributed by atoms with E-state index < -0.39 is 0 Å². The molecule has 0 aliphatic carbocycles. The number of amides is 2. The number of hydrogen-bond donors (Lipinski definition) is 4. The van der Waals surface area contributed by atoms with Crippen molar-refractivity contribution in [1.82, 2.24) is 40.2 Å². The lowest BCUT2D eigenvalue weighted by atomic mass is 10.0. The van der Waals surface area contributed by atoms with E-state index in [4.69, 9.17) is 16.6 Å². The first-order valence-corrected chi connectivity index (χ1v) is 16.0. The molecule has 11 nitrogen and oxygen atoms in total. The number of aromatic nitrogens is 4. The Hall–Kier alpha value is -4.58. The average molecular weight is 639 g/mol. The molecular formula is C34H35ClN8O3. The monoisotopic (exact) mass is 638 g/mol. The molecule has 0 unspecified atom stereocenters. The van der Waals surface area contributed by atoms with E-state index in [1.54, 1.807) is 12.4 Å². The van der Waals surface area contributed by atoms with Crippen molar-refractivity contribution in [1.29, 1.82) is 0 Å². The van der Waals surface area contributed by atoms with Crippen LogP contribution in [0, 0.1) is 0 Å². The third-order valence-corrected chi connectivity index (χ3v) is 9.26. The Morgan fingerprint density at radius 3 is 2.30 bits per heavy atom. The highest BCUT2D eigenvalue weighted by Gasteiger charge is 2.21. The normalized spacial score (nSPS) is 18.0. The molecule has 46 heavy (non-hydrogen) atoms. The summed E-state index contributed by atoms with van der Waals surface area (Å²) in [7, 11) is 1.98. The lowest BCUT2D eigenvalue weighted by Gasteiger charge is -2.13. The molecule has 2 atom stereocenters. The number of hydrogen-bond acceptors (Lipinski definition) is 7. The van der Waals surface area contributed by atoms with Crippen molar-refractivity contribution in [2.24, 2.45) is 7.05 Å². The van der Waals surface area contributed by atoms with Gasteiger partial charge in [0.2, 0.25) is 11.8 Å². The van der Waals surface area contributed by atoms with Crippen molar-refractivity contribution >= 4 is 40.1 Å². The molecular weight excluding hydrogens is 604 g/mol. The highest BCUT2D eigenvalue weighted by molar-refractivity contribution is 6.36. The number of aryl methyl sites for hydroxylation is 1. The van der Waals surface area contributed by atoms with Gasteiger partial charge in [-0.25, -0.2) is 9.97 Å². The van der Waals surface area contributed by atoms with E-state index in [1.807, 2.05) is 48.0 Å². The fourth-order valence-corrected chi connectivity index (χ4v) is 6.73. The fraction of sp³-hybridized carbons (Fsp3) is 0.324. The minimum absolute atomic E-state index is 0.0701. The predicted molar refractivity (Wildman–Crippen MR) is 177 cm³/mol. The second kappa shape index (κ2) is 12.7. The van der Waals surface area contributed by atoms with Crippen LogP contribution in [0.15, 0.2) is 65.8 Å². The van der Waals surface area contributed by atoms with Crippen LogP contribution in [0.3, 0.4) is 0 Å². The molecule has 2 fully saturated rings. The van der Waals surface area contributed by atoms with E-state index in [2.05, 4.69) is 38.5 Å². The van der Waals surface area contributed by atoms with E-state index in [9.17, 15) is 14.4 Å². The van der Waals surface area contributed by atoms with Gasteiger partial charge in [-0.05, 0) is 48.2 Å². The van der Waals surface area contributed by atoms with Crippen LogP contribution in [0.2, 0.25) is 5.02 Å². The second-order valence-corrected chi connectivity index (χ2v) is 12.5. The summed E-state index contributed by atoms with van der Waals surface area (Å²) in [5.74, 6) is 0.191. The summed E-state index contributed by atoms with van der Waals surface area (Å²) in [6, 6.07) is 13.9. The van der Waals surface area contributed by atoms with Gasteiger partial charge in [0.1, 0.15) is 11.3 Å². The van der Waals surface area contributed by atoms with Crippen molar-refractivity contribution < 1.29 is 9.59 Å². The number of halogens is 1. The van der Waals surface area contributed by atoms with E-state index in [0.717, 1.165) is 58.4 Å². The van der Waals surface area contributed by atoms with Crippen LogP contribution >= 0.6 is 11.6 Å². The molecule has 236 valence electrons. The topological polar surface area (TPSA) is 134 Å². The number of nitrogens with one attached hydrogen (secondary N) is 4. The number of rotatable bonds is 10. The molecule has 1 aromatic carbocycles. The average Bonchev–Trinajstić information content (AvgIpc) is 3.76. The summed E-state index contributed by atoms with van der Waals surface area (Å²) in [5.41, 5.74) is 6.17. The number of carbonyl (C=O) groups excluding carboxylic acids is 2. The highest BCUT2D eigenvalue weighted by atomic mass is 35.5. The summed E-state index contributed by atoms with van der Waals surface area (Å²) < 4.78 is 3.56. The van der Waals surface area contributed by atoms with Gasteiger partial charge in [-0.2, -0.15) is 0 Å². The Morgan fingerprint density at radius 1 is 0.913 bits per heavy atom. The largest absolute Gasteiger partial charge is 0.352 e. The van der Waals surface area contributed by atoms with Crippen molar-refractivity contribution in [2.45, 2.75) is 50.9 Å². The zero-order valence-electron chi connectivity index (χ0n) is 25.5. The summed E-state index contributed by atoms with van der Waals surface area (Å²) in [6.07, 6.45) is 8.22. The molecule has 12 heteroatoms. The standard InChI is InChI=1S/C34H35ClN8O3/c1-42-19-22(15-37-18-24-6-10-31(45)40-24)26-7-8-28(41-33(26)42)27-4-2-3-25(32(27)35)20-11-12-43-29(13-20)38-16-21(34(43)46)14-36-17-23-5-9-30(44)39-23/h2-4,7-8,11-13,16,19,23-24,36-37H,5-6,9-10,14-15,17-18H2,1H3,(H,39,44)(H,40,45)/t23-,24-/m0/s1. The molecule has 7 rings (SSSR count). The number of carbonyl (C=O) groups is 2. The van der Waals surface area contributed by atoms with E-state index in [1.165, 1.54) is 4.40 Å². The number of benzene rings is 1. The lowest BCUT2D eigenvalue weighted by molar-refractivity contribution is -0.120. The third-order valence-electron chi connectivity index (χ3n) is 8.85. The van der Waals surface area contributed by atoms with Crippen LogP contribution in [-0.2, 0) is 29.7 Å². The molecule has 2 saturated heterocycles. The second-order valence-electron chi connectivity index (χ2n) is 12.1. The summed E-state index contributed by atoms with van der Waals surface area (Å²) in [4.78, 5) is 45.7. The Labute approximate surface area is 270 Å². The molecule has 4 N–H and O–H groups in total. The Balaban J connectivity index is 1.09. The van der Waals surface area contributed by atoms with Gasteiger partial charge < -0.3 is 25.8 Å². The number of nitrogens with zero attached hydrogens (tertiary/aromatic N) is 4. The molecule has 2 aliphatic heterocycles. The number of fused-ring (bicyclic) bond motifs is 2. The van der Waals surface area contributed by atoms with Gasteiger partial charge in [0.15, 0.2) is 0 Å². The van der Waals surface area contributed by atoms with Crippen molar-refractivity contribution in [3.05, 3.63) is 87.6 Å². The maximum absolute atomic E-state index is 13.2. The van der Waals surface area contributed by atoms with Crippen LogP contribution in [-0.4, -0.2) is 55.9 Å². The van der Waals surface area contributed by atoms with Crippen molar-refractivity contribution in [3.8, 4) is 22.4 Å². The molecule has 2 amide bonds. The van der Waals surface area contributed by atoms with Gasteiger partial charge in [-0.1, -0.05) is 29.8 Å². The van der Waals surface area contributed by atoms with Crippen LogP contribution in [0.25, 0.3) is 39.1 Å². The number of pyridine rings is 2. The van der Waals surface area contributed by atoms with Crippen LogP contribution < -0.4 is 26.8 Å². The first-order chi connectivity index (χ1) is 22.3. The Bertz CT molecular complexity index is 2040. The quantitative estimate of drug-likeness (QED) is 0.184. The molecule has 0 bridgehead atoms. The van der Waals surface area contributed by atoms with Crippen molar-refractivity contribution in [2.75, 3.05) is 13.1 Å². The SMILES string of the molecule is Cn1cc(CNC[C@@H]2CCC(=O)N2)c2ccc(-c3cccc(-c4ccn5c(=O)c(CNC[C@@H]6CCC(=O)N6)cnc5c4)c3Cl)nc21. The van der Waals surface area contributed by atoms with E-state index in [-0.39, 0.29) is 29.5 Å².